The number of benzene rings is 1. The van der Waals surface area contributed by atoms with Crippen LogP contribution in [0.2, 0.25) is 10.0 Å². The lowest BCUT2D eigenvalue weighted by Crippen LogP contribution is -2.27. The fourth-order valence-corrected chi connectivity index (χ4v) is 1.97. The second-order valence-electron chi connectivity index (χ2n) is 4.24. The number of carbonyl (C=O) groups is 1. The van der Waals surface area contributed by atoms with Gasteiger partial charge in [0.25, 0.3) is 5.91 Å². The van der Waals surface area contributed by atoms with E-state index in [9.17, 15) is 4.79 Å². The number of carbonyl (C=O) groups excluding carboxylic acids is 1. The number of hydrogen-bond acceptors (Lipinski definition) is 5. The predicted octanol–water partition coefficient (Wildman–Crippen LogP) is 2.90. The third-order valence-electron chi connectivity index (χ3n) is 2.68. The lowest BCUT2D eigenvalue weighted by molar-refractivity contribution is 0.0932. The number of aromatic nitrogens is 2. The Morgan fingerprint density at radius 2 is 2.14 bits per heavy atom. The zero-order chi connectivity index (χ0) is 15.9. The maximum Gasteiger partial charge on any atom is 0.270 e. The van der Waals surface area contributed by atoms with Crippen LogP contribution in [0.5, 0.6) is 0 Å². The summed E-state index contributed by atoms with van der Waals surface area (Å²) in [6, 6.07) is 6.68. The number of rotatable bonds is 6. The number of nitrogens with zero attached hydrogens (tertiary/aromatic N) is 2. The molecule has 1 aromatic carbocycles. The van der Waals surface area contributed by atoms with E-state index in [0.717, 1.165) is 0 Å². The molecule has 2 aromatic rings. The Balaban J connectivity index is 2.11. The molecule has 1 heterocycles. The van der Waals surface area contributed by atoms with Crippen LogP contribution >= 0.6 is 23.2 Å². The minimum atomic E-state index is -0.306. The normalized spacial score (nSPS) is 10.3. The van der Waals surface area contributed by atoms with Gasteiger partial charge in [-0.2, -0.15) is 0 Å². The van der Waals surface area contributed by atoms with E-state index in [1.165, 1.54) is 12.3 Å². The van der Waals surface area contributed by atoms with E-state index < -0.39 is 0 Å². The maximum atomic E-state index is 11.9. The van der Waals surface area contributed by atoms with Gasteiger partial charge in [-0.1, -0.05) is 29.3 Å². The zero-order valence-electron chi connectivity index (χ0n) is 11.8. The molecule has 2 rings (SSSR count). The second-order valence-corrected chi connectivity index (χ2v) is 5.03. The van der Waals surface area contributed by atoms with Gasteiger partial charge >= 0.3 is 0 Å². The van der Waals surface area contributed by atoms with Crippen LogP contribution in [0.3, 0.4) is 0 Å². The van der Waals surface area contributed by atoms with Gasteiger partial charge in [0.2, 0.25) is 5.95 Å². The molecule has 0 saturated heterocycles. The predicted molar refractivity (Wildman–Crippen MR) is 86.0 cm³/mol. The van der Waals surface area contributed by atoms with Crippen LogP contribution in [0, 0.1) is 0 Å². The van der Waals surface area contributed by atoms with Crippen molar-refractivity contribution in [3.05, 3.63) is 46.2 Å². The Bertz CT molecular complexity index is 667. The zero-order valence-corrected chi connectivity index (χ0v) is 13.3. The maximum absolute atomic E-state index is 11.9. The van der Waals surface area contributed by atoms with Crippen molar-refractivity contribution in [2.75, 3.05) is 25.6 Å². The van der Waals surface area contributed by atoms with Crippen molar-refractivity contribution in [3.63, 3.8) is 0 Å². The van der Waals surface area contributed by atoms with Crippen molar-refractivity contribution in [1.82, 2.24) is 15.3 Å². The number of amides is 1. The van der Waals surface area contributed by atoms with Crippen LogP contribution in [0.15, 0.2) is 30.5 Å². The average Bonchev–Trinajstić information content (AvgIpc) is 2.52. The Hall–Kier alpha value is -1.89. The van der Waals surface area contributed by atoms with Crippen LogP contribution in [0.1, 0.15) is 10.5 Å². The number of halogens is 2. The minimum absolute atomic E-state index is 0.242. The minimum Gasteiger partial charge on any atom is -0.383 e. The fourth-order valence-electron chi connectivity index (χ4n) is 1.62. The number of methoxy groups -OCH3 is 1. The van der Waals surface area contributed by atoms with E-state index in [4.69, 9.17) is 27.9 Å². The quantitative estimate of drug-likeness (QED) is 0.790. The molecule has 0 unspecified atom stereocenters. The van der Waals surface area contributed by atoms with Crippen molar-refractivity contribution in [1.29, 1.82) is 0 Å². The summed E-state index contributed by atoms with van der Waals surface area (Å²) in [4.78, 5) is 20.1. The smallest absolute Gasteiger partial charge is 0.270 e. The molecule has 1 amide bonds. The summed E-state index contributed by atoms with van der Waals surface area (Å²) < 4.78 is 4.87. The van der Waals surface area contributed by atoms with Gasteiger partial charge in [-0.05, 0) is 18.2 Å². The van der Waals surface area contributed by atoms with Gasteiger partial charge in [0.15, 0.2) is 0 Å². The SMILES string of the molecule is COCCNC(=O)c1ccnc(Nc2cccc(Cl)c2Cl)n1. The molecule has 116 valence electrons. The van der Waals surface area contributed by atoms with Crippen molar-refractivity contribution >= 4 is 40.7 Å². The van der Waals surface area contributed by atoms with E-state index in [0.29, 0.717) is 28.9 Å². The Morgan fingerprint density at radius 3 is 2.91 bits per heavy atom. The number of anilines is 2. The van der Waals surface area contributed by atoms with Crippen LogP contribution < -0.4 is 10.6 Å². The van der Waals surface area contributed by atoms with Gasteiger partial charge in [0.05, 0.1) is 22.3 Å². The van der Waals surface area contributed by atoms with E-state index in [1.807, 2.05) is 0 Å². The third-order valence-corrected chi connectivity index (χ3v) is 3.50. The molecule has 2 N–H and O–H groups in total. The van der Waals surface area contributed by atoms with Crippen molar-refractivity contribution in [2.24, 2.45) is 0 Å². The van der Waals surface area contributed by atoms with E-state index in [1.54, 1.807) is 25.3 Å². The molecule has 0 aliphatic carbocycles. The highest BCUT2D eigenvalue weighted by Gasteiger charge is 2.10. The molecule has 0 bridgehead atoms. The highest BCUT2D eigenvalue weighted by atomic mass is 35.5. The summed E-state index contributed by atoms with van der Waals surface area (Å²) in [6.07, 6.45) is 1.49. The topological polar surface area (TPSA) is 76.1 Å². The molecule has 22 heavy (non-hydrogen) atoms. The first-order valence-electron chi connectivity index (χ1n) is 6.43. The van der Waals surface area contributed by atoms with Gasteiger partial charge in [0.1, 0.15) is 5.69 Å². The molecule has 0 atom stereocenters. The molecule has 0 radical (unpaired) electrons. The summed E-state index contributed by atoms with van der Waals surface area (Å²) >= 11 is 12.0. The first-order chi connectivity index (χ1) is 10.6. The van der Waals surface area contributed by atoms with Gasteiger partial charge in [-0.25, -0.2) is 9.97 Å². The fraction of sp³-hybridized carbons (Fsp3) is 0.214. The Labute approximate surface area is 137 Å². The molecule has 0 aliphatic heterocycles. The van der Waals surface area contributed by atoms with Crippen LogP contribution in [-0.2, 0) is 4.74 Å². The molecule has 0 spiro atoms. The summed E-state index contributed by atoms with van der Waals surface area (Å²) in [6.45, 7) is 0.836. The van der Waals surface area contributed by atoms with Crippen molar-refractivity contribution < 1.29 is 9.53 Å². The number of ether oxygens (including phenoxy) is 1. The molecule has 8 heteroatoms. The monoisotopic (exact) mass is 340 g/mol. The van der Waals surface area contributed by atoms with Crippen LogP contribution in [-0.4, -0.2) is 36.1 Å². The summed E-state index contributed by atoms with van der Waals surface area (Å²) in [5, 5.41) is 6.39. The largest absolute Gasteiger partial charge is 0.383 e. The third kappa shape index (κ3) is 4.30. The van der Waals surface area contributed by atoms with Crippen molar-refractivity contribution in [3.8, 4) is 0 Å². The number of nitrogens with one attached hydrogen (secondary N) is 2. The average molecular weight is 341 g/mol. The molecule has 1 aromatic heterocycles. The highest BCUT2D eigenvalue weighted by molar-refractivity contribution is 6.43. The summed E-state index contributed by atoms with van der Waals surface area (Å²) in [7, 11) is 1.56. The standard InChI is InChI=1S/C14H14Cl2N4O2/c1-22-8-7-17-13(21)11-5-6-18-14(20-11)19-10-4-2-3-9(15)12(10)16/h2-6H,7-8H2,1H3,(H,17,21)(H,18,19,20). The van der Waals surface area contributed by atoms with Gasteiger partial charge in [-0.3, -0.25) is 4.79 Å². The number of hydrogen-bond donors (Lipinski definition) is 2. The van der Waals surface area contributed by atoms with E-state index in [2.05, 4.69) is 20.6 Å². The summed E-state index contributed by atoms with van der Waals surface area (Å²) in [5.41, 5.74) is 0.804. The molecular formula is C14H14Cl2N4O2. The molecule has 0 fully saturated rings. The lowest BCUT2D eigenvalue weighted by Gasteiger charge is -2.09. The lowest BCUT2D eigenvalue weighted by atomic mass is 10.3. The van der Waals surface area contributed by atoms with Gasteiger partial charge in [0, 0.05) is 19.9 Å². The van der Waals surface area contributed by atoms with Crippen LogP contribution in [0.25, 0.3) is 0 Å². The molecule has 6 nitrogen and oxygen atoms in total. The molecule has 0 saturated carbocycles. The first-order valence-corrected chi connectivity index (χ1v) is 7.18. The highest BCUT2D eigenvalue weighted by Crippen LogP contribution is 2.30. The van der Waals surface area contributed by atoms with E-state index >= 15 is 0 Å². The Kier molecular flexibility index (Phi) is 5.94. The Morgan fingerprint density at radius 1 is 1.32 bits per heavy atom. The summed E-state index contributed by atoms with van der Waals surface area (Å²) in [5.74, 6) is -0.0525. The van der Waals surface area contributed by atoms with Gasteiger partial charge < -0.3 is 15.4 Å². The van der Waals surface area contributed by atoms with Crippen molar-refractivity contribution in [2.45, 2.75) is 0 Å². The molecule has 0 aliphatic rings. The second kappa shape index (κ2) is 7.93. The molecular weight excluding hydrogens is 327 g/mol. The van der Waals surface area contributed by atoms with E-state index in [-0.39, 0.29) is 17.5 Å². The first kappa shape index (κ1) is 16.5. The van der Waals surface area contributed by atoms with Crippen LogP contribution in [0.4, 0.5) is 11.6 Å². The van der Waals surface area contributed by atoms with Gasteiger partial charge in [-0.15, -0.1) is 0 Å².